The van der Waals surface area contributed by atoms with Crippen LogP contribution in [0, 0.1) is 10.1 Å². The zero-order valence-corrected chi connectivity index (χ0v) is 21.1. The molecular formula is C25H29N5O5S. The fourth-order valence-electron chi connectivity index (χ4n) is 4.32. The SMILES string of the molecule is CCOC(=O)c1sc(-c2ccncc2)nc1NCc1ccc(CN2CCC[C@H]2COC)cc1[N+](=O)[O-]. The summed E-state index contributed by atoms with van der Waals surface area (Å²) < 4.78 is 10.5. The summed E-state index contributed by atoms with van der Waals surface area (Å²) in [6.07, 6.45) is 5.46. The molecule has 0 aliphatic carbocycles. The van der Waals surface area contributed by atoms with Gasteiger partial charge in [0, 0.05) is 55.8 Å². The van der Waals surface area contributed by atoms with Crippen LogP contribution >= 0.6 is 11.3 Å². The molecule has 0 unspecified atom stereocenters. The third kappa shape index (κ3) is 6.04. The van der Waals surface area contributed by atoms with Gasteiger partial charge >= 0.3 is 5.97 Å². The minimum atomic E-state index is -0.487. The lowest BCUT2D eigenvalue weighted by Crippen LogP contribution is -2.32. The van der Waals surface area contributed by atoms with E-state index in [1.54, 1.807) is 50.7 Å². The van der Waals surface area contributed by atoms with Crippen LogP contribution in [0.1, 0.15) is 40.6 Å². The number of hydrogen-bond acceptors (Lipinski definition) is 10. The molecule has 0 radical (unpaired) electrons. The molecule has 36 heavy (non-hydrogen) atoms. The van der Waals surface area contributed by atoms with E-state index >= 15 is 0 Å². The number of likely N-dealkylation sites (tertiary alicyclic amines) is 1. The topological polar surface area (TPSA) is 120 Å². The Hall–Kier alpha value is -3.41. The molecule has 1 aliphatic heterocycles. The average Bonchev–Trinajstić information content (AvgIpc) is 3.51. The zero-order chi connectivity index (χ0) is 25.5. The number of ether oxygens (including phenoxy) is 2. The lowest BCUT2D eigenvalue weighted by Gasteiger charge is -2.23. The summed E-state index contributed by atoms with van der Waals surface area (Å²) in [6.45, 7) is 4.35. The Morgan fingerprint density at radius 3 is 2.83 bits per heavy atom. The maximum Gasteiger partial charge on any atom is 0.352 e. The molecule has 2 aromatic heterocycles. The molecule has 1 aliphatic rings. The minimum absolute atomic E-state index is 0.0322. The number of nitro benzene ring substituents is 1. The molecule has 0 saturated carbocycles. The van der Waals surface area contributed by atoms with Crippen LogP contribution in [0.4, 0.5) is 11.5 Å². The lowest BCUT2D eigenvalue weighted by atomic mass is 10.1. The second kappa shape index (κ2) is 12.0. The Labute approximate surface area is 213 Å². The van der Waals surface area contributed by atoms with Gasteiger partial charge in [0.1, 0.15) is 5.01 Å². The van der Waals surface area contributed by atoms with Crippen LogP contribution in [0.25, 0.3) is 10.6 Å². The quantitative estimate of drug-likeness (QED) is 0.225. The van der Waals surface area contributed by atoms with Crippen LogP contribution in [0.2, 0.25) is 0 Å². The zero-order valence-electron chi connectivity index (χ0n) is 20.3. The van der Waals surface area contributed by atoms with E-state index in [2.05, 4.69) is 20.2 Å². The smallest absolute Gasteiger partial charge is 0.352 e. The molecule has 1 N–H and O–H groups in total. The number of methoxy groups -OCH3 is 1. The van der Waals surface area contributed by atoms with Crippen molar-refractivity contribution in [1.82, 2.24) is 14.9 Å². The first-order chi connectivity index (χ1) is 17.5. The Bertz CT molecular complexity index is 1200. The highest BCUT2D eigenvalue weighted by Gasteiger charge is 2.26. The summed E-state index contributed by atoms with van der Waals surface area (Å²) in [5.74, 6) is -0.151. The van der Waals surface area contributed by atoms with E-state index in [9.17, 15) is 14.9 Å². The summed E-state index contributed by atoms with van der Waals surface area (Å²) in [7, 11) is 1.69. The maximum absolute atomic E-state index is 12.6. The Morgan fingerprint density at radius 2 is 2.11 bits per heavy atom. The molecule has 1 aromatic carbocycles. The summed E-state index contributed by atoms with van der Waals surface area (Å²) in [4.78, 5) is 35.3. The lowest BCUT2D eigenvalue weighted by molar-refractivity contribution is -0.385. The van der Waals surface area contributed by atoms with Gasteiger partial charge in [-0.05, 0) is 44.0 Å². The van der Waals surface area contributed by atoms with Gasteiger partial charge in [0.25, 0.3) is 5.69 Å². The van der Waals surface area contributed by atoms with Gasteiger partial charge in [-0.25, -0.2) is 9.78 Å². The molecule has 11 heteroatoms. The molecule has 4 rings (SSSR count). The number of carbonyl (C=O) groups excluding carboxylic acids is 1. The van der Waals surface area contributed by atoms with E-state index in [0.717, 1.165) is 30.5 Å². The van der Waals surface area contributed by atoms with Gasteiger partial charge in [-0.1, -0.05) is 12.1 Å². The van der Waals surface area contributed by atoms with Crippen molar-refractivity contribution in [2.45, 2.75) is 38.9 Å². The van der Waals surface area contributed by atoms with Crippen LogP contribution in [0.5, 0.6) is 0 Å². The second-order valence-electron chi connectivity index (χ2n) is 8.45. The number of thiazole rings is 1. The summed E-state index contributed by atoms with van der Waals surface area (Å²) in [5, 5.41) is 15.6. The maximum atomic E-state index is 12.6. The minimum Gasteiger partial charge on any atom is -0.462 e. The number of anilines is 1. The summed E-state index contributed by atoms with van der Waals surface area (Å²) in [5.41, 5.74) is 2.24. The standard InChI is InChI=1S/C25H29N5O5S/c1-3-35-25(31)22-23(28-24(36-22)18-8-10-26-11-9-18)27-14-19-7-6-17(13-21(19)30(32)33)15-29-12-4-5-20(29)16-34-2/h6-11,13,20,27H,3-5,12,14-16H2,1-2H3/t20-/m0/s1. The van der Waals surface area contributed by atoms with Gasteiger partial charge in [0.15, 0.2) is 10.7 Å². The molecule has 1 fully saturated rings. The molecular weight excluding hydrogens is 482 g/mol. The number of rotatable bonds is 11. The van der Waals surface area contributed by atoms with E-state index in [1.807, 2.05) is 6.07 Å². The van der Waals surface area contributed by atoms with Gasteiger partial charge in [0.2, 0.25) is 0 Å². The highest BCUT2D eigenvalue weighted by atomic mass is 32.1. The largest absolute Gasteiger partial charge is 0.462 e. The number of nitro groups is 1. The number of pyridine rings is 1. The Morgan fingerprint density at radius 1 is 1.31 bits per heavy atom. The van der Waals surface area contributed by atoms with Crippen LogP contribution in [-0.2, 0) is 22.6 Å². The third-order valence-electron chi connectivity index (χ3n) is 6.05. The van der Waals surface area contributed by atoms with Crippen LogP contribution in [0.3, 0.4) is 0 Å². The van der Waals surface area contributed by atoms with Crippen molar-refractivity contribution in [2.75, 3.05) is 32.2 Å². The molecule has 0 amide bonds. The van der Waals surface area contributed by atoms with E-state index < -0.39 is 5.97 Å². The molecule has 1 saturated heterocycles. The number of carbonyl (C=O) groups is 1. The van der Waals surface area contributed by atoms with Gasteiger partial charge in [-0.15, -0.1) is 11.3 Å². The van der Waals surface area contributed by atoms with Crippen LogP contribution < -0.4 is 5.32 Å². The number of esters is 1. The van der Waals surface area contributed by atoms with Gasteiger partial charge < -0.3 is 14.8 Å². The number of nitrogens with one attached hydrogen (secondary N) is 1. The molecule has 0 spiro atoms. The monoisotopic (exact) mass is 511 g/mol. The predicted molar refractivity (Wildman–Crippen MR) is 137 cm³/mol. The van der Waals surface area contributed by atoms with Crippen molar-refractivity contribution in [1.29, 1.82) is 0 Å². The Balaban J connectivity index is 1.54. The van der Waals surface area contributed by atoms with Crippen molar-refractivity contribution < 1.29 is 19.2 Å². The highest BCUT2D eigenvalue weighted by molar-refractivity contribution is 7.17. The van der Waals surface area contributed by atoms with Crippen molar-refractivity contribution in [3.05, 3.63) is 68.8 Å². The first-order valence-corrected chi connectivity index (χ1v) is 12.6. The van der Waals surface area contributed by atoms with E-state index in [4.69, 9.17) is 9.47 Å². The van der Waals surface area contributed by atoms with Crippen molar-refractivity contribution >= 4 is 28.8 Å². The predicted octanol–water partition coefficient (Wildman–Crippen LogP) is 4.51. The summed E-state index contributed by atoms with van der Waals surface area (Å²) >= 11 is 1.21. The van der Waals surface area contributed by atoms with E-state index in [-0.39, 0.29) is 23.8 Å². The van der Waals surface area contributed by atoms with Crippen LogP contribution in [0.15, 0.2) is 42.7 Å². The fourth-order valence-corrected chi connectivity index (χ4v) is 5.26. The molecule has 3 aromatic rings. The number of hydrogen-bond donors (Lipinski definition) is 1. The first kappa shape index (κ1) is 25.7. The average molecular weight is 512 g/mol. The fraction of sp³-hybridized carbons (Fsp3) is 0.400. The van der Waals surface area contributed by atoms with Crippen molar-refractivity contribution in [3.8, 4) is 10.6 Å². The summed E-state index contributed by atoms with van der Waals surface area (Å²) in [6, 6.07) is 9.26. The molecule has 3 heterocycles. The van der Waals surface area contributed by atoms with Gasteiger partial charge in [-0.2, -0.15) is 0 Å². The molecule has 0 bridgehead atoms. The van der Waals surface area contributed by atoms with Gasteiger partial charge in [-0.3, -0.25) is 20.0 Å². The normalized spacial score (nSPS) is 15.7. The molecule has 1 atom stereocenters. The first-order valence-electron chi connectivity index (χ1n) is 11.8. The van der Waals surface area contributed by atoms with Crippen LogP contribution in [-0.4, -0.2) is 58.7 Å². The van der Waals surface area contributed by atoms with Crippen molar-refractivity contribution in [3.63, 3.8) is 0 Å². The van der Waals surface area contributed by atoms with E-state index in [0.29, 0.717) is 40.5 Å². The molecule has 10 nitrogen and oxygen atoms in total. The van der Waals surface area contributed by atoms with Gasteiger partial charge in [0.05, 0.1) is 18.1 Å². The number of aromatic nitrogens is 2. The molecule has 190 valence electrons. The second-order valence-corrected chi connectivity index (χ2v) is 9.45. The van der Waals surface area contributed by atoms with Crippen molar-refractivity contribution in [2.24, 2.45) is 0 Å². The number of benzene rings is 1. The third-order valence-corrected chi connectivity index (χ3v) is 7.14. The highest BCUT2D eigenvalue weighted by Crippen LogP contribution is 2.32. The number of nitrogens with zero attached hydrogens (tertiary/aromatic N) is 4. The van der Waals surface area contributed by atoms with E-state index in [1.165, 1.54) is 11.3 Å². The Kier molecular flexibility index (Phi) is 8.57.